The van der Waals surface area contributed by atoms with Crippen molar-refractivity contribution >= 4 is 27.3 Å². The van der Waals surface area contributed by atoms with Crippen LogP contribution in [-0.2, 0) is 16.2 Å². The van der Waals surface area contributed by atoms with E-state index < -0.39 is 37.5 Å². The molecule has 0 amide bonds. The quantitative estimate of drug-likeness (QED) is 0.670. The molecule has 0 aromatic heterocycles. The molecule has 0 aliphatic carbocycles. The van der Waals surface area contributed by atoms with Crippen LogP contribution in [0.1, 0.15) is 11.1 Å². The number of sulfonamides is 1. The summed E-state index contributed by atoms with van der Waals surface area (Å²) in [5.74, 6) is -0.604. The molecule has 5 nitrogen and oxygen atoms in total. The zero-order valence-electron chi connectivity index (χ0n) is 14.7. The van der Waals surface area contributed by atoms with Crippen molar-refractivity contribution in [2.45, 2.75) is 11.1 Å². The Kier molecular flexibility index (Phi) is 5.76. The van der Waals surface area contributed by atoms with E-state index in [0.717, 1.165) is 22.5 Å². The molecule has 154 valence electrons. The van der Waals surface area contributed by atoms with Crippen LogP contribution in [0.25, 0.3) is 0 Å². The zero-order chi connectivity index (χ0) is 21.4. The average Bonchev–Trinajstić information content (AvgIpc) is 2.67. The molecular formula is C18H14ClF4N3O2S. The Bertz CT molecular complexity index is 1080. The van der Waals surface area contributed by atoms with Gasteiger partial charge in [-0.15, -0.1) is 0 Å². The number of rotatable bonds is 3. The normalized spacial score (nSPS) is 15.9. The van der Waals surface area contributed by atoms with Crippen LogP contribution in [0.15, 0.2) is 41.3 Å². The van der Waals surface area contributed by atoms with E-state index in [1.807, 2.05) is 6.07 Å². The highest BCUT2D eigenvalue weighted by Gasteiger charge is 2.36. The summed E-state index contributed by atoms with van der Waals surface area (Å²) < 4.78 is 79.8. The predicted octanol–water partition coefficient (Wildman–Crippen LogP) is 3.88. The van der Waals surface area contributed by atoms with Crippen molar-refractivity contribution in [2.75, 3.05) is 31.1 Å². The summed E-state index contributed by atoms with van der Waals surface area (Å²) in [6, 6.07) is 8.25. The van der Waals surface area contributed by atoms with E-state index in [-0.39, 0.29) is 37.4 Å². The number of hydrogen-bond acceptors (Lipinski definition) is 4. The Balaban J connectivity index is 1.79. The molecule has 29 heavy (non-hydrogen) atoms. The lowest BCUT2D eigenvalue weighted by atomic mass is 10.2. The number of piperazine rings is 1. The second kappa shape index (κ2) is 7.82. The summed E-state index contributed by atoms with van der Waals surface area (Å²) in [6.07, 6.45) is -4.78. The molecule has 1 saturated heterocycles. The van der Waals surface area contributed by atoms with Crippen LogP contribution in [0.3, 0.4) is 0 Å². The highest BCUT2D eigenvalue weighted by molar-refractivity contribution is 7.89. The first-order chi connectivity index (χ1) is 13.5. The summed E-state index contributed by atoms with van der Waals surface area (Å²) >= 11 is 5.55. The number of benzene rings is 2. The van der Waals surface area contributed by atoms with Gasteiger partial charge in [0.1, 0.15) is 5.82 Å². The minimum Gasteiger partial charge on any atom is -0.367 e. The first kappa shape index (κ1) is 21.4. The maximum absolute atomic E-state index is 14.2. The third-order valence-electron chi connectivity index (χ3n) is 4.54. The largest absolute Gasteiger partial charge is 0.417 e. The summed E-state index contributed by atoms with van der Waals surface area (Å²) in [5, 5.41) is 8.21. The van der Waals surface area contributed by atoms with Crippen molar-refractivity contribution in [2.24, 2.45) is 0 Å². The molecular weight excluding hydrogens is 434 g/mol. The van der Waals surface area contributed by atoms with Crippen molar-refractivity contribution in [1.82, 2.24) is 4.31 Å². The zero-order valence-corrected chi connectivity index (χ0v) is 16.3. The fourth-order valence-corrected chi connectivity index (χ4v) is 4.71. The van der Waals surface area contributed by atoms with Crippen LogP contribution < -0.4 is 4.90 Å². The van der Waals surface area contributed by atoms with Crippen LogP contribution >= 0.6 is 11.6 Å². The Labute approximate surface area is 169 Å². The van der Waals surface area contributed by atoms with Gasteiger partial charge in [0.15, 0.2) is 0 Å². The van der Waals surface area contributed by atoms with Crippen LogP contribution in [-0.4, -0.2) is 38.9 Å². The first-order valence-corrected chi connectivity index (χ1v) is 10.2. The molecule has 3 rings (SSSR count). The SMILES string of the molecule is N#Cc1ccc(N2CCN(S(=O)(=O)c3ccc(Cl)c(C(F)(F)F)c3)CC2)c(F)c1. The van der Waals surface area contributed by atoms with E-state index >= 15 is 0 Å². The molecule has 0 N–H and O–H groups in total. The highest BCUT2D eigenvalue weighted by atomic mass is 35.5. The lowest BCUT2D eigenvalue weighted by molar-refractivity contribution is -0.137. The Morgan fingerprint density at radius 2 is 1.69 bits per heavy atom. The van der Waals surface area contributed by atoms with Gasteiger partial charge in [0.05, 0.1) is 32.8 Å². The molecule has 0 atom stereocenters. The Hall–Kier alpha value is -2.35. The highest BCUT2D eigenvalue weighted by Crippen LogP contribution is 2.36. The van der Waals surface area contributed by atoms with Gasteiger partial charge in [-0.1, -0.05) is 11.6 Å². The Morgan fingerprint density at radius 3 is 2.24 bits per heavy atom. The number of nitrogens with zero attached hydrogens (tertiary/aromatic N) is 3. The van der Waals surface area contributed by atoms with Gasteiger partial charge >= 0.3 is 6.18 Å². The third-order valence-corrected chi connectivity index (χ3v) is 6.76. The minimum absolute atomic E-state index is 0.0360. The van der Waals surface area contributed by atoms with E-state index in [0.29, 0.717) is 6.07 Å². The van der Waals surface area contributed by atoms with Crippen molar-refractivity contribution in [1.29, 1.82) is 5.26 Å². The summed E-state index contributed by atoms with van der Waals surface area (Å²) in [5.41, 5.74) is -0.832. The summed E-state index contributed by atoms with van der Waals surface area (Å²) in [7, 11) is -4.18. The molecule has 0 saturated carbocycles. The van der Waals surface area contributed by atoms with Gasteiger partial charge < -0.3 is 4.90 Å². The summed E-state index contributed by atoms with van der Waals surface area (Å²) in [6.45, 7) is 0.209. The fraction of sp³-hybridized carbons (Fsp3) is 0.278. The average molecular weight is 448 g/mol. The van der Waals surface area contributed by atoms with Crippen LogP contribution in [0, 0.1) is 17.1 Å². The van der Waals surface area contributed by atoms with E-state index in [2.05, 4.69) is 0 Å². The second-order valence-electron chi connectivity index (χ2n) is 6.31. The van der Waals surface area contributed by atoms with Crippen LogP contribution in [0.4, 0.5) is 23.2 Å². The lowest BCUT2D eigenvalue weighted by Crippen LogP contribution is -2.48. The lowest BCUT2D eigenvalue weighted by Gasteiger charge is -2.35. The minimum atomic E-state index is -4.78. The molecule has 11 heteroatoms. The smallest absolute Gasteiger partial charge is 0.367 e. The number of hydrogen-bond donors (Lipinski definition) is 0. The van der Waals surface area contributed by atoms with Crippen molar-refractivity contribution in [3.8, 4) is 6.07 Å². The molecule has 0 bridgehead atoms. The van der Waals surface area contributed by atoms with Gasteiger partial charge in [-0.2, -0.15) is 22.7 Å². The van der Waals surface area contributed by atoms with E-state index in [1.54, 1.807) is 4.90 Å². The van der Waals surface area contributed by atoms with Crippen molar-refractivity contribution in [3.63, 3.8) is 0 Å². The molecule has 0 radical (unpaired) electrons. The van der Waals surface area contributed by atoms with E-state index in [9.17, 15) is 26.0 Å². The van der Waals surface area contributed by atoms with E-state index in [1.165, 1.54) is 12.1 Å². The van der Waals surface area contributed by atoms with Gasteiger partial charge in [0.2, 0.25) is 10.0 Å². The number of halogens is 5. The van der Waals surface area contributed by atoms with Gasteiger partial charge in [-0.25, -0.2) is 12.8 Å². The van der Waals surface area contributed by atoms with Gasteiger partial charge in [-0.05, 0) is 36.4 Å². The molecule has 2 aromatic rings. The van der Waals surface area contributed by atoms with Gasteiger partial charge in [-0.3, -0.25) is 0 Å². The topological polar surface area (TPSA) is 64.4 Å². The first-order valence-electron chi connectivity index (χ1n) is 8.35. The monoisotopic (exact) mass is 447 g/mol. The molecule has 1 fully saturated rings. The molecule has 1 aliphatic heterocycles. The number of anilines is 1. The van der Waals surface area contributed by atoms with Crippen LogP contribution in [0.5, 0.6) is 0 Å². The van der Waals surface area contributed by atoms with Crippen molar-refractivity contribution < 1.29 is 26.0 Å². The predicted molar refractivity (Wildman–Crippen MR) is 98.5 cm³/mol. The number of alkyl halides is 3. The van der Waals surface area contributed by atoms with Crippen LogP contribution in [0.2, 0.25) is 5.02 Å². The fourth-order valence-electron chi connectivity index (χ4n) is 3.03. The maximum atomic E-state index is 14.2. The van der Waals surface area contributed by atoms with Gasteiger partial charge in [0, 0.05) is 26.2 Å². The van der Waals surface area contributed by atoms with Gasteiger partial charge in [0.25, 0.3) is 0 Å². The summed E-state index contributed by atoms with van der Waals surface area (Å²) in [4.78, 5) is 1.11. The molecule has 0 unspecified atom stereocenters. The molecule has 1 aliphatic rings. The molecule has 0 spiro atoms. The standard InChI is InChI=1S/C18H14ClF4N3O2S/c19-15-3-2-13(10-14(15)18(21,22)23)29(27,28)26-7-5-25(6-8-26)17-4-1-12(11-24)9-16(17)20/h1-4,9-10H,5-8H2. The molecule has 1 heterocycles. The Morgan fingerprint density at radius 1 is 1.03 bits per heavy atom. The van der Waals surface area contributed by atoms with Crippen molar-refractivity contribution in [3.05, 3.63) is 58.4 Å². The second-order valence-corrected chi connectivity index (χ2v) is 8.65. The molecule has 2 aromatic carbocycles. The maximum Gasteiger partial charge on any atom is 0.417 e. The number of nitriles is 1. The third kappa shape index (κ3) is 4.32. The van der Waals surface area contributed by atoms with E-state index in [4.69, 9.17) is 16.9 Å².